The molecule has 1 unspecified atom stereocenters. The molecule has 6 nitrogen and oxygen atoms in total. The fraction of sp³-hybridized carbons (Fsp3) is 0.667. The van der Waals surface area contributed by atoms with Crippen molar-refractivity contribution in [3.63, 3.8) is 0 Å². The molecule has 2 fully saturated rings. The molecule has 132 valence electrons. The molecule has 0 radical (unpaired) electrons. The predicted molar refractivity (Wildman–Crippen MR) is 92.7 cm³/mol. The third-order valence-electron chi connectivity index (χ3n) is 4.95. The smallest absolute Gasteiger partial charge is 0.409 e. The molecule has 24 heavy (non-hydrogen) atoms. The van der Waals surface area contributed by atoms with E-state index in [2.05, 4.69) is 26.9 Å². The Morgan fingerprint density at radius 2 is 2.08 bits per heavy atom. The number of carbonyl (C=O) groups excluding carboxylic acids is 1. The monoisotopic (exact) mass is 332 g/mol. The first kappa shape index (κ1) is 17.2. The lowest BCUT2D eigenvalue weighted by atomic mass is 10.0. The first-order valence-electron chi connectivity index (χ1n) is 9.04. The Balaban J connectivity index is 1.48. The summed E-state index contributed by atoms with van der Waals surface area (Å²) in [7, 11) is 0. The molecular weight excluding hydrogens is 304 g/mol. The Bertz CT molecular complexity index is 517. The van der Waals surface area contributed by atoms with Gasteiger partial charge in [0.2, 0.25) is 0 Å². The Labute approximate surface area is 144 Å². The number of piperazine rings is 1. The standard InChI is InChI=1S/C18H28N4O2/c1-2-24-18(23)22-12-10-21(11-13-22)17-7-5-9-20(15-17)14-16-6-3-4-8-19-16/h3-4,6,8,17H,2,5,7,9-15H2,1H3. The van der Waals surface area contributed by atoms with Crippen LogP contribution in [0.2, 0.25) is 0 Å². The molecule has 2 saturated heterocycles. The van der Waals surface area contributed by atoms with Crippen molar-refractivity contribution in [2.75, 3.05) is 45.9 Å². The zero-order valence-corrected chi connectivity index (χ0v) is 14.6. The second-order valence-corrected chi connectivity index (χ2v) is 6.57. The molecule has 2 aliphatic rings. The number of piperidine rings is 1. The highest BCUT2D eigenvalue weighted by Crippen LogP contribution is 2.19. The molecule has 1 aromatic rings. The highest BCUT2D eigenvalue weighted by atomic mass is 16.6. The predicted octanol–water partition coefficient (Wildman–Crippen LogP) is 1.82. The van der Waals surface area contributed by atoms with E-state index in [4.69, 9.17) is 4.74 Å². The van der Waals surface area contributed by atoms with Crippen LogP contribution in [0.4, 0.5) is 4.79 Å². The highest BCUT2D eigenvalue weighted by Gasteiger charge is 2.29. The van der Waals surface area contributed by atoms with E-state index in [1.54, 1.807) is 0 Å². The van der Waals surface area contributed by atoms with Gasteiger partial charge in [-0.25, -0.2) is 4.79 Å². The van der Waals surface area contributed by atoms with E-state index in [1.807, 2.05) is 24.1 Å². The van der Waals surface area contributed by atoms with Gasteiger partial charge in [0.15, 0.2) is 0 Å². The van der Waals surface area contributed by atoms with Crippen LogP contribution in [0.5, 0.6) is 0 Å². The molecule has 0 spiro atoms. The van der Waals surface area contributed by atoms with Crippen molar-refractivity contribution in [3.05, 3.63) is 30.1 Å². The number of likely N-dealkylation sites (tertiary alicyclic amines) is 1. The fourth-order valence-corrected chi connectivity index (χ4v) is 3.68. The van der Waals surface area contributed by atoms with Crippen molar-refractivity contribution in [3.8, 4) is 0 Å². The molecule has 0 aromatic carbocycles. The van der Waals surface area contributed by atoms with E-state index >= 15 is 0 Å². The van der Waals surface area contributed by atoms with Crippen LogP contribution < -0.4 is 0 Å². The van der Waals surface area contributed by atoms with Gasteiger partial charge in [0.05, 0.1) is 12.3 Å². The van der Waals surface area contributed by atoms with E-state index in [0.29, 0.717) is 12.6 Å². The van der Waals surface area contributed by atoms with E-state index in [1.165, 1.54) is 12.8 Å². The van der Waals surface area contributed by atoms with Crippen LogP contribution in [0.1, 0.15) is 25.5 Å². The number of ether oxygens (including phenoxy) is 1. The Morgan fingerprint density at radius 3 is 2.79 bits per heavy atom. The highest BCUT2D eigenvalue weighted by molar-refractivity contribution is 5.67. The summed E-state index contributed by atoms with van der Waals surface area (Å²) in [5.41, 5.74) is 1.14. The van der Waals surface area contributed by atoms with Crippen LogP contribution in [0.15, 0.2) is 24.4 Å². The van der Waals surface area contributed by atoms with Gasteiger partial charge in [0.25, 0.3) is 0 Å². The minimum atomic E-state index is -0.169. The molecule has 1 aromatic heterocycles. The van der Waals surface area contributed by atoms with Gasteiger partial charge in [-0.1, -0.05) is 6.07 Å². The number of hydrogen-bond donors (Lipinski definition) is 0. The summed E-state index contributed by atoms with van der Waals surface area (Å²) in [5.74, 6) is 0. The van der Waals surface area contributed by atoms with Crippen molar-refractivity contribution in [1.29, 1.82) is 0 Å². The van der Waals surface area contributed by atoms with Crippen molar-refractivity contribution >= 4 is 6.09 Å². The number of aromatic nitrogens is 1. The maximum Gasteiger partial charge on any atom is 0.409 e. The number of rotatable bonds is 4. The minimum Gasteiger partial charge on any atom is -0.450 e. The van der Waals surface area contributed by atoms with Crippen LogP contribution in [0.3, 0.4) is 0 Å². The first-order valence-corrected chi connectivity index (χ1v) is 9.04. The lowest BCUT2D eigenvalue weighted by molar-refractivity contribution is 0.0410. The topological polar surface area (TPSA) is 48.9 Å². The summed E-state index contributed by atoms with van der Waals surface area (Å²) in [5, 5.41) is 0. The molecule has 6 heteroatoms. The quantitative estimate of drug-likeness (QED) is 0.842. The van der Waals surface area contributed by atoms with Crippen molar-refractivity contribution in [2.24, 2.45) is 0 Å². The van der Waals surface area contributed by atoms with E-state index in [9.17, 15) is 4.79 Å². The van der Waals surface area contributed by atoms with E-state index in [-0.39, 0.29) is 6.09 Å². The van der Waals surface area contributed by atoms with Gasteiger partial charge < -0.3 is 9.64 Å². The lowest BCUT2D eigenvalue weighted by Gasteiger charge is -2.43. The van der Waals surface area contributed by atoms with Gasteiger partial charge in [-0.3, -0.25) is 14.8 Å². The third kappa shape index (κ3) is 4.45. The molecule has 3 heterocycles. The number of pyridine rings is 1. The van der Waals surface area contributed by atoms with E-state index < -0.39 is 0 Å². The zero-order chi connectivity index (χ0) is 16.8. The zero-order valence-electron chi connectivity index (χ0n) is 14.6. The van der Waals surface area contributed by atoms with Crippen LogP contribution >= 0.6 is 0 Å². The summed E-state index contributed by atoms with van der Waals surface area (Å²) in [6.45, 7) is 8.91. The van der Waals surface area contributed by atoms with Crippen molar-refractivity contribution in [1.82, 2.24) is 19.7 Å². The molecular formula is C18H28N4O2. The maximum atomic E-state index is 11.8. The van der Waals surface area contributed by atoms with Gasteiger partial charge in [0, 0.05) is 51.5 Å². The van der Waals surface area contributed by atoms with Gasteiger partial charge in [0.1, 0.15) is 0 Å². The summed E-state index contributed by atoms with van der Waals surface area (Å²) in [4.78, 5) is 23.1. The number of amides is 1. The Hall–Kier alpha value is -1.66. The van der Waals surface area contributed by atoms with Crippen LogP contribution in [0, 0.1) is 0 Å². The number of hydrogen-bond acceptors (Lipinski definition) is 5. The minimum absolute atomic E-state index is 0.169. The molecule has 0 aliphatic carbocycles. The van der Waals surface area contributed by atoms with Crippen LogP contribution in [0.25, 0.3) is 0 Å². The van der Waals surface area contributed by atoms with Crippen LogP contribution in [-0.2, 0) is 11.3 Å². The van der Waals surface area contributed by atoms with Gasteiger partial charge in [-0.15, -0.1) is 0 Å². The molecule has 0 N–H and O–H groups in total. The second-order valence-electron chi connectivity index (χ2n) is 6.57. The Morgan fingerprint density at radius 1 is 1.25 bits per heavy atom. The lowest BCUT2D eigenvalue weighted by Crippen LogP contribution is -2.55. The van der Waals surface area contributed by atoms with Crippen LogP contribution in [-0.4, -0.2) is 77.7 Å². The Kier molecular flexibility index (Phi) is 6.04. The molecule has 0 bridgehead atoms. The molecule has 3 rings (SSSR count). The average Bonchev–Trinajstić information content (AvgIpc) is 2.63. The third-order valence-corrected chi connectivity index (χ3v) is 4.95. The van der Waals surface area contributed by atoms with E-state index in [0.717, 1.165) is 51.5 Å². The summed E-state index contributed by atoms with van der Waals surface area (Å²) in [6.07, 6.45) is 4.18. The fourth-order valence-electron chi connectivity index (χ4n) is 3.68. The SMILES string of the molecule is CCOC(=O)N1CCN(C2CCCN(Cc3ccccn3)C2)CC1. The molecule has 0 saturated carbocycles. The van der Waals surface area contributed by atoms with Gasteiger partial charge >= 0.3 is 6.09 Å². The van der Waals surface area contributed by atoms with Gasteiger partial charge in [-0.05, 0) is 38.4 Å². The maximum absolute atomic E-state index is 11.8. The first-order chi connectivity index (χ1) is 11.8. The number of nitrogens with zero attached hydrogens (tertiary/aromatic N) is 4. The van der Waals surface area contributed by atoms with Crippen molar-refractivity contribution in [2.45, 2.75) is 32.4 Å². The summed E-state index contributed by atoms with van der Waals surface area (Å²) < 4.78 is 5.10. The average molecular weight is 332 g/mol. The molecule has 1 amide bonds. The molecule has 2 aliphatic heterocycles. The van der Waals surface area contributed by atoms with Gasteiger partial charge in [-0.2, -0.15) is 0 Å². The van der Waals surface area contributed by atoms with Crippen molar-refractivity contribution < 1.29 is 9.53 Å². The second kappa shape index (κ2) is 8.44. The normalized spacial score (nSPS) is 23.2. The summed E-state index contributed by atoms with van der Waals surface area (Å²) >= 11 is 0. The molecule has 1 atom stereocenters. The summed E-state index contributed by atoms with van der Waals surface area (Å²) in [6, 6.07) is 6.71. The number of carbonyl (C=O) groups is 1. The largest absolute Gasteiger partial charge is 0.450 e.